The fraction of sp³-hybridized carbons (Fsp3) is 0.333. The molecule has 0 spiro atoms. The van der Waals surface area contributed by atoms with Gasteiger partial charge in [-0.3, -0.25) is 9.52 Å². The van der Waals surface area contributed by atoms with Gasteiger partial charge in [0.15, 0.2) is 5.13 Å². The van der Waals surface area contributed by atoms with E-state index >= 15 is 0 Å². The van der Waals surface area contributed by atoms with Crippen LogP contribution in [0.5, 0.6) is 0 Å². The normalized spacial score (nSPS) is 11.3. The molecule has 1 heterocycles. The lowest BCUT2D eigenvalue weighted by atomic mass is 10.2. The second kappa shape index (κ2) is 8.90. The Morgan fingerprint density at radius 1 is 1.32 bits per heavy atom. The van der Waals surface area contributed by atoms with E-state index in [1.165, 1.54) is 12.1 Å². The number of nitrogens with two attached hydrogens (primary N) is 1. The lowest BCUT2D eigenvalue weighted by Crippen LogP contribution is -2.28. The average Bonchev–Trinajstić information content (AvgIpc) is 3.01. The van der Waals surface area contributed by atoms with Crippen LogP contribution in [0.3, 0.4) is 0 Å². The third-order valence-corrected chi connectivity index (χ3v) is 5.50. The first kappa shape index (κ1) is 19.3. The smallest absolute Gasteiger partial charge is 0.263 e. The summed E-state index contributed by atoms with van der Waals surface area (Å²) >= 11 is 1.12. The maximum atomic E-state index is 12.3. The number of hydrogen-bond donors (Lipinski definition) is 3. The standard InChI is InChI=1S/C15H20N4O4S2/c1-23-7-6-17-14(20)8-12-10-24-15(18-12)19-25(21,22)13-4-2-11(9-16)3-5-13/h2-5,10H,6-9,16H2,1H3,(H,17,20)(H,18,19). The number of rotatable bonds is 9. The van der Waals surface area contributed by atoms with Gasteiger partial charge in [-0.2, -0.15) is 0 Å². The van der Waals surface area contributed by atoms with Crippen molar-refractivity contribution in [1.82, 2.24) is 10.3 Å². The summed E-state index contributed by atoms with van der Waals surface area (Å²) in [5.74, 6) is -0.200. The second-order valence-corrected chi connectivity index (χ2v) is 7.66. The Hall–Kier alpha value is -2.01. The summed E-state index contributed by atoms with van der Waals surface area (Å²) in [7, 11) is -2.18. The minimum atomic E-state index is -3.73. The highest BCUT2D eigenvalue weighted by Crippen LogP contribution is 2.20. The number of thiazole rings is 1. The lowest BCUT2D eigenvalue weighted by molar-refractivity contribution is -0.120. The number of nitrogens with one attached hydrogen (secondary N) is 2. The summed E-state index contributed by atoms with van der Waals surface area (Å²) in [6.45, 7) is 1.19. The Morgan fingerprint density at radius 2 is 2.04 bits per heavy atom. The van der Waals surface area contributed by atoms with Crippen molar-refractivity contribution in [3.05, 3.63) is 40.9 Å². The third-order valence-electron chi connectivity index (χ3n) is 3.21. The van der Waals surface area contributed by atoms with Crippen LogP contribution in [0.4, 0.5) is 5.13 Å². The molecule has 0 saturated heterocycles. The number of nitrogens with zero attached hydrogens (tertiary/aromatic N) is 1. The van der Waals surface area contributed by atoms with E-state index in [2.05, 4.69) is 15.0 Å². The first-order valence-corrected chi connectivity index (χ1v) is 9.82. The summed E-state index contributed by atoms with van der Waals surface area (Å²) in [5, 5.41) is 4.53. The van der Waals surface area contributed by atoms with Crippen molar-refractivity contribution in [2.75, 3.05) is 25.0 Å². The fourth-order valence-corrected chi connectivity index (χ4v) is 3.90. The van der Waals surface area contributed by atoms with Crippen LogP contribution in [0, 0.1) is 0 Å². The maximum Gasteiger partial charge on any atom is 0.263 e. The van der Waals surface area contributed by atoms with Gasteiger partial charge in [0.2, 0.25) is 5.91 Å². The van der Waals surface area contributed by atoms with Crippen LogP contribution >= 0.6 is 11.3 Å². The number of methoxy groups -OCH3 is 1. The summed E-state index contributed by atoms with van der Waals surface area (Å²) in [4.78, 5) is 16.0. The van der Waals surface area contributed by atoms with E-state index in [-0.39, 0.29) is 22.4 Å². The van der Waals surface area contributed by atoms with Crippen LogP contribution in [0.25, 0.3) is 0 Å². The molecule has 0 aliphatic carbocycles. The Labute approximate surface area is 150 Å². The van der Waals surface area contributed by atoms with E-state index in [1.807, 2.05) is 0 Å². The Balaban J connectivity index is 1.98. The van der Waals surface area contributed by atoms with Crippen molar-refractivity contribution in [3.63, 3.8) is 0 Å². The molecule has 0 saturated carbocycles. The summed E-state index contributed by atoms with van der Waals surface area (Å²) < 4.78 is 31.9. The van der Waals surface area contributed by atoms with Crippen molar-refractivity contribution in [2.45, 2.75) is 17.9 Å². The van der Waals surface area contributed by atoms with Crippen molar-refractivity contribution in [2.24, 2.45) is 5.73 Å². The van der Waals surface area contributed by atoms with Gasteiger partial charge in [-0.1, -0.05) is 12.1 Å². The number of aromatic nitrogens is 1. The van der Waals surface area contributed by atoms with E-state index in [0.29, 0.717) is 25.4 Å². The van der Waals surface area contributed by atoms with Crippen LogP contribution in [-0.4, -0.2) is 39.6 Å². The van der Waals surface area contributed by atoms with Crippen molar-refractivity contribution in [3.8, 4) is 0 Å². The summed E-state index contributed by atoms with van der Waals surface area (Å²) in [6, 6.07) is 6.29. The highest BCUT2D eigenvalue weighted by Gasteiger charge is 2.16. The van der Waals surface area contributed by atoms with Gasteiger partial charge in [-0.05, 0) is 17.7 Å². The third kappa shape index (κ3) is 5.78. The minimum absolute atomic E-state index is 0.0765. The molecule has 1 aromatic heterocycles. The number of hydrogen-bond acceptors (Lipinski definition) is 7. The topological polar surface area (TPSA) is 123 Å². The molecule has 4 N–H and O–H groups in total. The van der Waals surface area contributed by atoms with E-state index in [9.17, 15) is 13.2 Å². The molecule has 2 rings (SSSR count). The largest absolute Gasteiger partial charge is 0.383 e. The molecule has 0 aliphatic heterocycles. The van der Waals surface area contributed by atoms with Gasteiger partial charge >= 0.3 is 0 Å². The highest BCUT2D eigenvalue weighted by atomic mass is 32.2. The zero-order valence-corrected chi connectivity index (χ0v) is 15.3. The average molecular weight is 384 g/mol. The number of benzene rings is 1. The molecule has 0 unspecified atom stereocenters. The van der Waals surface area contributed by atoms with Gasteiger partial charge in [0, 0.05) is 25.6 Å². The lowest BCUT2D eigenvalue weighted by Gasteiger charge is -2.06. The van der Waals surface area contributed by atoms with E-state index in [4.69, 9.17) is 10.5 Å². The molecule has 10 heteroatoms. The first-order valence-electron chi connectivity index (χ1n) is 7.46. The maximum absolute atomic E-state index is 12.3. The molecule has 0 fully saturated rings. The Bertz CT molecular complexity index is 803. The second-order valence-electron chi connectivity index (χ2n) is 5.12. The van der Waals surface area contributed by atoms with Crippen LogP contribution in [-0.2, 0) is 32.5 Å². The highest BCUT2D eigenvalue weighted by molar-refractivity contribution is 7.93. The van der Waals surface area contributed by atoms with Crippen molar-refractivity contribution < 1.29 is 17.9 Å². The van der Waals surface area contributed by atoms with Crippen molar-refractivity contribution in [1.29, 1.82) is 0 Å². The summed E-state index contributed by atoms with van der Waals surface area (Å²) in [5.41, 5.74) is 6.84. The molecule has 0 aliphatic rings. The molecule has 25 heavy (non-hydrogen) atoms. The van der Waals surface area contributed by atoms with Gasteiger partial charge in [0.25, 0.3) is 10.0 Å². The van der Waals surface area contributed by atoms with Crippen LogP contribution in [0.2, 0.25) is 0 Å². The van der Waals surface area contributed by atoms with Gasteiger partial charge in [0.05, 0.1) is 23.6 Å². The van der Waals surface area contributed by atoms with Crippen LogP contribution < -0.4 is 15.8 Å². The molecule has 8 nitrogen and oxygen atoms in total. The Kier molecular flexibility index (Phi) is 6.88. The summed E-state index contributed by atoms with van der Waals surface area (Å²) in [6.07, 6.45) is 0.0765. The molecule has 0 radical (unpaired) electrons. The minimum Gasteiger partial charge on any atom is -0.383 e. The zero-order chi connectivity index (χ0) is 18.3. The molecular formula is C15H20N4O4S2. The van der Waals surface area contributed by atoms with Crippen LogP contribution in [0.15, 0.2) is 34.5 Å². The zero-order valence-electron chi connectivity index (χ0n) is 13.7. The van der Waals surface area contributed by atoms with E-state index in [1.54, 1.807) is 24.6 Å². The molecule has 0 atom stereocenters. The number of ether oxygens (including phenoxy) is 1. The SMILES string of the molecule is COCCNC(=O)Cc1csc(NS(=O)(=O)c2ccc(CN)cc2)n1. The van der Waals surface area contributed by atoms with Gasteiger partial charge < -0.3 is 15.8 Å². The van der Waals surface area contributed by atoms with Gasteiger partial charge in [-0.25, -0.2) is 13.4 Å². The monoisotopic (exact) mass is 384 g/mol. The predicted molar refractivity (Wildman–Crippen MR) is 95.8 cm³/mol. The number of carbonyl (C=O) groups is 1. The fourth-order valence-electron chi connectivity index (χ4n) is 1.93. The molecule has 1 aromatic carbocycles. The number of sulfonamides is 1. The first-order chi connectivity index (χ1) is 11.9. The number of amides is 1. The van der Waals surface area contributed by atoms with E-state index < -0.39 is 10.0 Å². The Morgan fingerprint density at radius 3 is 2.68 bits per heavy atom. The molecular weight excluding hydrogens is 364 g/mol. The predicted octanol–water partition coefficient (Wildman–Crippen LogP) is 0.708. The van der Waals surface area contributed by atoms with Crippen molar-refractivity contribution >= 4 is 32.4 Å². The van der Waals surface area contributed by atoms with Gasteiger partial charge in [-0.15, -0.1) is 11.3 Å². The quantitative estimate of drug-likeness (QED) is 0.547. The molecule has 0 bridgehead atoms. The van der Waals surface area contributed by atoms with Gasteiger partial charge in [0.1, 0.15) is 0 Å². The van der Waals surface area contributed by atoms with Crippen LogP contribution in [0.1, 0.15) is 11.3 Å². The molecule has 1 amide bonds. The number of anilines is 1. The molecule has 136 valence electrons. The van der Waals surface area contributed by atoms with E-state index in [0.717, 1.165) is 16.9 Å². The molecule has 2 aromatic rings. The number of carbonyl (C=O) groups excluding carboxylic acids is 1.